The van der Waals surface area contributed by atoms with Gasteiger partial charge in [0.25, 0.3) is 0 Å². The maximum absolute atomic E-state index is 3.73. The molecule has 1 aliphatic heterocycles. The van der Waals surface area contributed by atoms with Crippen molar-refractivity contribution >= 4 is 0 Å². The number of hydrogen-bond acceptors (Lipinski definition) is 2. The first-order chi connectivity index (χ1) is 8.54. The van der Waals surface area contributed by atoms with Crippen LogP contribution in [-0.4, -0.2) is 36.6 Å². The van der Waals surface area contributed by atoms with Gasteiger partial charge in [0.05, 0.1) is 0 Å². The predicted octanol–water partition coefficient (Wildman–Crippen LogP) is 3.28. The van der Waals surface area contributed by atoms with Crippen LogP contribution in [0.4, 0.5) is 0 Å². The summed E-state index contributed by atoms with van der Waals surface area (Å²) in [6.07, 6.45) is 6.86. The summed E-state index contributed by atoms with van der Waals surface area (Å²) in [7, 11) is 0. The van der Waals surface area contributed by atoms with Gasteiger partial charge in [-0.2, -0.15) is 0 Å². The van der Waals surface area contributed by atoms with E-state index in [1.807, 2.05) is 0 Å². The molecule has 1 N–H and O–H groups in total. The molecule has 1 saturated carbocycles. The lowest BCUT2D eigenvalue weighted by Gasteiger charge is -2.44. The number of hydrogen-bond donors (Lipinski definition) is 1. The van der Waals surface area contributed by atoms with Crippen molar-refractivity contribution in [3.05, 3.63) is 0 Å². The summed E-state index contributed by atoms with van der Waals surface area (Å²) in [5, 5.41) is 3.73. The molecule has 2 heteroatoms. The molecule has 2 rings (SSSR count). The summed E-state index contributed by atoms with van der Waals surface area (Å²) < 4.78 is 0. The molecular formula is C16H32N2. The molecular weight excluding hydrogens is 220 g/mol. The van der Waals surface area contributed by atoms with Crippen molar-refractivity contribution in [1.82, 2.24) is 10.2 Å². The van der Waals surface area contributed by atoms with E-state index in [2.05, 4.69) is 37.9 Å². The van der Waals surface area contributed by atoms with Crippen LogP contribution in [-0.2, 0) is 0 Å². The van der Waals surface area contributed by atoms with Gasteiger partial charge in [-0.1, -0.05) is 34.1 Å². The van der Waals surface area contributed by atoms with Crippen LogP contribution in [0, 0.1) is 11.3 Å². The minimum Gasteiger partial charge on any atom is -0.314 e. The molecule has 0 spiro atoms. The summed E-state index contributed by atoms with van der Waals surface area (Å²) in [5.41, 5.74) is 0.545. The second-order valence-corrected chi connectivity index (χ2v) is 7.22. The van der Waals surface area contributed by atoms with E-state index in [4.69, 9.17) is 0 Å². The van der Waals surface area contributed by atoms with Crippen LogP contribution in [0.2, 0.25) is 0 Å². The highest BCUT2D eigenvalue weighted by atomic mass is 15.2. The normalized spacial score (nSPS) is 37.0. The fourth-order valence-corrected chi connectivity index (χ4v) is 4.08. The van der Waals surface area contributed by atoms with E-state index < -0.39 is 0 Å². The monoisotopic (exact) mass is 252 g/mol. The summed E-state index contributed by atoms with van der Waals surface area (Å²) in [4.78, 5) is 2.79. The molecule has 18 heavy (non-hydrogen) atoms. The summed E-state index contributed by atoms with van der Waals surface area (Å²) in [6, 6.07) is 1.60. The van der Waals surface area contributed by atoms with Gasteiger partial charge in [0.15, 0.2) is 0 Å². The highest BCUT2D eigenvalue weighted by molar-refractivity contribution is 4.95. The van der Waals surface area contributed by atoms with E-state index >= 15 is 0 Å². The molecule has 0 amide bonds. The number of nitrogens with one attached hydrogen (secondary N) is 1. The zero-order valence-corrected chi connectivity index (χ0v) is 12.8. The van der Waals surface area contributed by atoms with E-state index in [9.17, 15) is 0 Å². The number of rotatable bonds is 4. The maximum atomic E-state index is 3.73. The molecule has 2 aliphatic rings. The van der Waals surface area contributed by atoms with Crippen molar-refractivity contribution in [2.75, 3.05) is 19.6 Å². The highest BCUT2D eigenvalue weighted by Crippen LogP contribution is 2.41. The predicted molar refractivity (Wildman–Crippen MR) is 78.9 cm³/mol. The molecule has 1 aliphatic carbocycles. The Balaban J connectivity index is 1.88. The summed E-state index contributed by atoms with van der Waals surface area (Å²) in [5.74, 6) is 0.807. The first-order valence-corrected chi connectivity index (χ1v) is 8.02. The Labute approximate surface area is 114 Å². The lowest BCUT2D eigenvalue weighted by molar-refractivity contribution is 0.0568. The lowest BCUT2D eigenvalue weighted by Crippen LogP contribution is -2.53. The third-order valence-corrected chi connectivity index (χ3v) is 5.23. The van der Waals surface area contributed by atoms with Gasteiger partial charge < -0.3 is 5.32 Å². The molecule has 0 aromatic carbocycles. The molecule has 106 valence electrons. The second kappa shape index (κ2) is 5.92. The first kappa shape index (κ1) is 14.3. The van der Waals surface area contributed by atoms with Crippen LogP contribution in [0.1, 0.15) is 59.8 Å². The Morgan fingerprint density at radius 3 is 2.61 bits per heavy atom. The molecule has 0 aromatic rings. The summed E-state index contributed by atoms with van der Waals surface area (Å²) >= 11 is 0. The SMILES string of the molecule is CCCNC1CCN(C2CCCC2(C)C)CC1C. The van der Waals surface area contributed by atoms with Gasteiger partial charge in [-0.25, -0.2) is 0 Å². The average Bonchev–Trinajstić information content (AvgIpc) is 2.67. The van der Waals surface area contributed by atoms with Gasteiger partial charge in [-0.3, -0.25) is 4.90 Å². The minimum absolute atomic E-state index is 0.545. The van der Waals surface area contributed by atoms with E-state index in [0.29, 0.717) is 5.41 Å². The topological polar surface area (TPSA) is 15.3 Å². The molecule has 1 heterocycles. The maximum Gasteiger partial charge on any atom is 0.0146 e. The largest absolute Gasteiger partial charge is 0.314 e. The Kier molecular flexibility index (Phi) is 4.71. The molecule has 2 fully saturated rings. The molecule has 0 bridgehead atoms. The van der Waals surface area contributed by atoms with E-state index in [0.717, 1.165) is 18.0 Å². The zero-order valence-electron chi connectivity index (χ0n) is 12.8. The Morgan fingerprint density at radius 1 is 1.28 bits per heavy atom. The third-order valence-electron chi connectivity index (χ3n) is 5.23. The van der Waals surface area contributed by atoms with Gasteiger partial charge in [-0.15, -0.1) is 0 Å². The van der Waals surface area contributed by atoms with E-state index in [1.165, 1.54) is 51.7 Å². The lowest BCUT2D eigenvalue weighted by atomic mass is 9.83. The smallest absolute Gasteiger partial charge is 0.0146 e. The molecule has 3 atom stereocenters. The van der Waals surface area contributed by atoms with Crippen molar-refractivity contribution in [3.63, 3.8) is 0 Å². The van der Waals surface area contributed by atoms with Crippen LogP contribution in [0.5, 0.6) is 0 Å². The Bertz CT molecular complexity index is 262. The van der Waals surface area contributed by atoms with Crippen molar-refractivity contribution in [1.29, 1.82) is 0 Å². The van der Waals surface area contributed by atoms with Crippen LogP contribution < -0.4 is 5.32 Å². The number of likely N-dealkylation sites (tertiary alicyclic amines) is 1. The first-order valence-electron chi connectivity index (χ1n) is 8.02. The van der Waals surface area contributed by atoms with E-state index in [-0.39, 0.29) is 0 Å². The van der Waals surface area contributed by atoms with Crippen molar-refractivity contribution in [2.45, 2.75) is 71.9 Å². The standard InChI is InChI=1S/C16H32N2/c1-5-10-17-14-8-11-18(12-13(14)2)15-7-6-9-16(15,3)4/h13-15,17H,5-12H2,1-4H3. The van der Waals surface area contributed by atoms with Gasteiger partial charge >= 0.3 is 0 Å². The van der Waals surface area contributed by atoms with Crippen molar-refractivity contribution in [2.24, 2.45) is 11.3 Å². The van der Waals surface area contributed by atoms with Crippen molar-refractivity contribution < 1.29 is 0 Å². The van der Waals surface area contributed by atoms with Crippen LogP contribution in [0.25, 0.3) is 0 Å². The zero-order chi connectivity index (χ0) is 13.2. The average molecular weight is 252 g/mol. The molecule has 3 unspecified atom stereocenters. The minimum atomic E-state index is 0.545. The molecule has 1 saturated heterocycles. The fraction of sp³-hybridized carbons (Fsp3) is 1.00. The summed E-state index contributed by atoms with van der Waals surface area (Å²) in [6.45, 7) is 13.4. The number of nitrogens with zero attached hydrogens (tertiary/aromatic N) is 1. The van der Waals surface area contributed by atoms with Gasteiger partial charge in [-0.05, 0) is 50.1 Å². The second-order valence-electron chi connectivity index (χ2n) is 7.22. The van der Waals surface area contributed by atoms with Gasteiger partial charge in [0, 0.05) is 18.6 Å². The molecule has 0 radical (unpaired) electrons. The highest BCUT2D eigenvalue weighted by Gasteiger charge is 2.40. The van der Waals surface area contributed by atoms with Crippen LogP contribution >= 0.6 is 0 Å². The fourth-order valence-electron chi connectivity index (χ4n) is 4.08. The quantitative estimate of drug-likeness (QED) is 0.826. The van der Waals surface area contributed by atoms with Crippen molar-refractivity contribution in [3.8, 4) is 0 Å². The molecule has 0 aromatic heterocycles. The Hall–Kier alpha value is -0.0800. The van der Waals surface area contributed by atoms with E-state index in [1.54, 1.807) is 0 Å². The Morgan fingerprint density at radius 2 is 2.06 bits per heavy atom. The van der Waals surface area contributed by atoms with Gasteiger partial charge in [0.1, 0.15) is 0 Å². The third kappa shape index (κ3) is 3.08. The van der Waals surface area contributed by atoms with Crippen LogP contribution in [0.3, 0.4) is 0 Å². The van der Waals surface area contributed by atoms with Gasteiger partial charge in [0.2, 0.25) is 0 Å². The molecule has 2 nitrogen and oxygen atoms in total. The number of piperidine rings is 1. The van der Waals surface area contributed by atoms with Crippen LogP contribution in [0.15, 0.2) is 0 Å².